The van der Waals surface area contributed by atoms with E-state index in [0.29, 0.717) is 6.04 Å². The maximum Gasteiger partial charge on any atom is 0.0793 e. The Labute approximate surface area is 110 Å². The lowest BCUT2D eigenvalue weighted by atomic mass is 10.1. The van der Waals surface area contributed by atoms with Crippen LogP contribution in [0.5, 0.6) is 0 Å². The third-order valence-electron chi connectivity index (χ3n) is 3.84. The highest BCUT2D eigenvalue weighted by molar-refractivity contribution is 4.78. The van der Waals surface area contributed by atoms with Gasteiger partial charge in [-0.1, -0.05) is 6.92 Å². The van der Waals surface area contributed by atoms with Gasteiger partial charge in [-0.25, -0.2) is 0 Å². The maximum absolute atomic E-state index is 10.2. The molecule has 2 atom stereocenters. The first-order valence-electron chi connectivity index (χ1n) is 7.09. The molecule has 0 amide bonds. The van der Waals surface area contributed by atoms with Crippen molar-refractivity contribution in [1.82, 2.24) is 9.80 Å². The smallest absolute Gasteiger partial charge is 0.0793 e. The van der Waals surface area contributed by atoms with Crippen molar-refractivity contribution >= 4 is 0 Å². The highest BCUT2D eigenvalue weighted by Gasteiger charge is 2.24. The summed E-state index contributed by atoms with van der Waals surface area (Å²) < 4.78 is 10.8. The number of hydrogen-bond acceptors (Lipinski definition) is 5. The molecule has 2 aliphatic heterocycles. The Bertz CT molecular complexity index is 234. The van der Waals surface area contributed by atoms with Crippen LogP contribution in [0.25, 0.3) is 0 Å². The van der Waals surface area contributed by atoms with Gasteiger partial charge in [0.15, 0.2) is 0 Å². The van der Waals surface area contributed by atoms with Crippen molar-refractivity contribution in [3.63, 3.8) is 0 Å². The minimum absolute atomic E-state index is 0.268. The summed E-state index contributed by atoms with van der Waals surface area (Å²) in [5.74, 6) is 0. The molecule has 0 radical (unpaired) electrons. The van der Waals surface area contributed by atoms with E-state index < -0.39 is 0 Å². The van der Waals surface area contributed by atoms with Crippen LogP contribution in [0, 0.1) is 0 Å². The van der Waals surface area contributed by atoms with Crippen molar-refractivity contribution in [3.05, 3.63) is 0 Å². The molecule has 0 saturated carbocycles. The van der Waals surface area contributed by atoms with Gasteiger partial charge in [0.1, 0.15) is 0 Å². The summed E-state index contributed by atoms with van der Waals surface area (Å²) in [7, 11) is 0. The molecule has 5 heteroatoms. The summed E-state index contributed by atoms with van der Waals surface area (Å²) >= 11 is 0. The normalized spacial score (nSPS) is 29.3. The SMILES string of the molecule is CCC1COCCN1CC(O)CN1CCOCC1. The zero-order valence-corrected chi connectivity index (χ0v) is 11.4. The Balaban J connectivity index is 1.73. The average Bonchev–Trinajstić information content (AvgIpc) is 2.40. The van der Waals surface area contributed by atoms with Gasteiger partial charge in [0, 0.05) is 38.8 Å². The van der Waals surface area contributed by atoms with Crippen molar-refractivity contribution < 1.29 is 14.6 Å². The first kappa shape index (κ1) is 14.2. The predicted octanol–water partition coefficient (Wildman–Crippen LogP) is -0.210. The van der Waals surface area contributed by atoms with Crippen LogP contribution < -0.4 is 0 Å². The summed E-state index contributed by atoms with van der Waals surface area (Å²) in [6, 6.07) is 0.470. The predicted molar refractivity (Wildman–Crippen MR) is 69.7 cm³/mol. The van der Waals surface area contributed by atoms with Gasteiger partial charge in [0.05, 0.1) is 32.5 Å². The molecule has 2 unspecified atom stereocenters. The molecule has 0 spiro atoms. The molecule has 0 aromatic heterocycles. The largest absolute Gasteiger partial charge is 0.390 e. The molecular weight excluding hydrogens is 232 g/mol. The zero-order valence-electron chi connectivity index (χ0n) is 11.4. The van der Waals surface area contributed by atoms with Crippen molar-refractivity contribution in [2.24, 2.45) is 0 Å². The van der Waals surface area contributed by atoms with E-state index in [0.717, 1.165) is 65.6 Å². The molecule has 0 aromatic rings. The third kappa shape index (κ3) is 4.17. The topological polar surface area (TPSA) is 45.2 Å². The van der Waals surface area contributed by atoms with E-state index in [1.165, 1.54) is 0 Å². The van der Waals surface area contributed by atoms with Gasteiger partial charge >= 0.3 is 0 Å². The molecule has 0 bridgehead atoms. The van der Waals surface area contributed by atoms with Crippen LogP contribution in [0.15, 0.2) is 0 Å². The maximum atomic E-state index is 10.2. The average molecular weight is 258 g/mol. The van der Waals surface area contributed by atoms with E-state index in [1.807, 2.05) is 0 Å². The zero-order chi connectivity index (χ0) is 12.8. The van der Waals surface area contributed by atoms with Crippen LogP contribution >= 0.6 is 0 Å². The van der Waals surface area contributed by atoms with E-state index >= 15 is 0 Å². The van der Waals surface area contributed by atoms with Gasteiger partial charge in [-0.15, -0.1) is 0 Å². The molecule has 2 aliphatic rings. The number of aliphatic hydroxyl groups excluding tert-OH is 1. The van der Waals surface area contributed by atoms with Gasteiger partial charge in [-0.2, -0.15) is 0 Å². The molecule has 18 heavy (non-hydrogen) atoms. The Morgan fingerprint density at radius 1 is 1.11 bits per heavy atom. The minimum atomic E-state index is -0.268. The fourth-order valence-corrected chi connectivity index (χ4v) is 2.72. The lowest BCUT2D eigenvalue weighted by Gasteiger charge is -2.37. The van der Waals surface area contributed by atoms with E-state index in [-0.39, 0.29) is 6.10 Å². The monoisotopic (exact) mass is 258 g/mol. The number of aliphatic hydroxyl groups is 1. The highest BCUT2D eigenvalue weighted by atomic mass is 16.5. The molecule has 2 saturated heterocycles. The first-order chi connectivity index (χ1) is 8.79. The molecule has 2 rings (SSSR count). The Kier molecular flexibility index (Phi) is 5.85. The minimum Gasteiger partial charge on any atom is -0.390 e. The second-order valence-electron chi connectivity index (χ2n) is 5.20. The van der Waals surface area contributed by atoms with E-state index in [2.05, 4.69) is 16.7 Å². The van der Waals surface area contributed by atoms with Crippen LogP contribution in [0.3, 0.4) is 0 Å². The fraction of sp³-hybridized carbons (Fsp3) is 1.00. The standard InChI is InChI=1S/C13H26N2O3/c1-2-12-11-18-8-5-15(12)10-13(16)9-14-3-6-17-7-4-14/h12-13,16H,2-11H2,1H3. The Hall–Kier alpha value is -0.200. The highest BCUT2D eigenvalue weighted by Crippen LogP contribution is 2.11. The van der Waals surface area contributed by atoms with Gasteiger partial charge in [0.25, 0.3) is 0 Å². The Morgan fingerprint density at radius 2 is 1.83 bits per heavy atom. The quantitative estimate of drug-likeness (QED) is 0.739. The summed E-state index contributed by atoms with van der Waals surface area (Å²) in [4.78, 5) is 4.66. The number of morpholine rings is 2. The number of rotatable bonds is 5. The summed E-state index contributed by atoms with van der Waals surface area (Å²) in [6.45, 7) is 9.72. The van der Waals surface area contributed by atoms with Gasteiger partial charge < -0.3 is 14.6 Å². The Morgan fingerprint density at radius 3 is 2.56 bits per heavy atom. The molecule has 106 valence electrons. The molecule has 0 aromatic carbocycles. The lowest BCUT2D eigenvalue weighted by Crippen LogP contribution is -2.51. The van der Waals surface area contributed by atoms with Gasteiger partial charge in [-0.05, 0) is 6.42 Å². The van der Waals surface area contributed by atoms with Gasteiger partial charge in [0.2, 0.25) is 0 Å². The van der Waals surface area contributed by atoms with E-state index in [1.54, 1.807) is 0 Å². The van der Waals surface area contributed by atoms with Gasteiger partial charge in [-0.3, -0.25) is 9.80 Å². The molecule has 2 heterocycles. The van der Waals surface area contributed by atoms with Crippen LogP contribution in [0.2, 0.25) is 0 Å². The molecular formula is C13H26N2O3. The second-order valence-corrected chi connectivity index (χ2v) is 5.20. The van der Waals surface area contributed by atoms with Crippen molar-refractivity contribution in [3.8, 4) is 0 Å². The molecule has 0 aliphatic carbocycles. The number of ether oxygens (including phenoxy) is 2. The van der Waals surface area contributed by atoms with Crippen molar-refractivity contribution in [2.75, 3.05) is 59.2 Å². The van der Waals surface area contributed by atoms with E-state index in [9.17, 15) is 5.11 Å². The fourth-order valence-electron chi connectivity index (χ4n) is 2.72. The van der Waals surface area contributed by atoms with Crippen LogP contribution in [-0.4, -0.2) is 86.2 Å². The number of nitrogens with zero attached hydrogens (tertiary/aromatic N) is 2. The van der Waals surface area contributed by atoms with Crippen LogP contribution in [-0.2, 0) is 9.47 Å². The van der Waals surface area contributed by atoms with Crippen LogP contribution in [0.4, 0.5) is 0 Å². The van der Waals surface area contributed by atoms with Crippen LogP contribution in [0.1, 0.15) is 13.3 Å². The molecule has 2 fully saturated rings. The van der Waals surface area contributed by atoms with Crippen molar-refractivity contribution in [2.45, 2.75) is 25.5 Å². The first-order valence-corrected chi connectivity index (χ1v) is 7.09. The van der Waals surface area contributed by atoms with Crippen molar-refractivity contribution in [1.29, 1.82) is 0 Å². The second kappa shape index (κ2) is 7.40. The number of hydrogen-bond donors (Lipinski definition) is 1. The molecule has 5 nitrogen and oxygen atoms in total. The summed E-state index contributed by atoms with van der Waals surface area (Å²) in [5.41, 5.74) is 0. The summed E-state index contributed by atoms with van der Waals surface area (Å²) in [5, 5.41) is 10.2. The third-order valence-corrected chi connectivity index (χ3v) is 3.84. The van der Waals surface area contributed by atoms with E-state index in [4.69, 9.17) is 9.47 Å². The summed E-state index contributed by atoms with van der Waals surface area (Å²) in [6.07, 6.45) is 0.819. The number of β-amino-alcohol motifs (C(OH)–C–C–N with tert-alkyl or cyclic N) is 1. The lowest BCUT2D eigenvalue weighted by molar-refractivity contribution is -0.0385. The molecule has 1 N–H and O–H groups in total.